The summed E-state index contributed by atoms with van der Waals surface area (Å²) in [6.07, 6.45) is 2.91. The number of benzene rings is 1. The van der Waals surface area contributed by atoms with E-state index < -0.39 is 10.0 Å². The summed E-state index contributed by atoms with van der Waals surface area (Å²) in [6, 6.07) is 8.09. The molecule has 1 N–H and O–H groups in total. The summed E-state index contributed by atoms with van der Waals surface area (Å²) < 4.78 is 26.4. The average molecular weight is 396 g/mol. The Bertz CT molecular complexity index is 822. The van der Waals surface area contributed by atoms with Gasteiger partial charge in [-0.3, -0.25) is 4.79 Å². The minimum atomic E-state index is -3.14. The van der Waals surface area contributed by atoms with Crippen molar-refractivity contribution in [1.29, 1.82) is 0 Å². The van der Waals surface area contributed by atoms with Gasteiger partial charge in [0.05, 0.1) is 21.0 Å². The van der Waals surface area contributed by atoms with Crippen LogP contribution >= 0.6 is 11.3 Å². The van der Waals surface area contributed by atoms with Crippen LogP contribution in [-0.2, 0) is 21.2 Å². The van der Waals surface area contributed by atoms with Crippen molar-refractivity contribution in [2.24, 2.45) is 5.92 Å². The zero-order chi connectivity index (χ0) is 18.6. The summed E-state index contributed by atoms with van der Waals surface area (Å²) in [7, 11) is -3.14. The minimum Gasteiger partial charge on any atom is -0.356 e. The summed E-state index contributed by atoms with van der Waals surface area (Å²) in [4.78, 5) is 16.9. The molecule has 142 valence electrons. The van der Waals surface area contributed by atoms with Crippen molar-refractivity contribution < 1.29 is 13.2 Å². The van der Waals surface area contributed by atoms with Gasteiger partial charge in [0.25, 0.3) is 0 Å². The molecule has 26 heavy (non-hydrogen) atoms. The van der Waals surface area contributed by atoms with Crippen molar-refractivity contribution in [3.05, 3.63) is 29.3 Å². The molecule has 0 unspecified atom stereocenters. The molecule has 3 rings (SSSR count). The maximum Gasteiger partial charge on any atom is 0.223 e. The molecule has 1 saturated heterocycles. The molecular formula is C18H25N3O3S2. The third-order valence-electron chi connectivity index (χ3n) is 4.79. The van der Waals surface area contributed by atoms with Gasteiger partial charge in [-0.15, -0.1) is 11.3 Å². The van der Waals surface area contributed by atoms with E-state index in [4.69, 9.17) is 0 Å². The number of fused-ring (bicyclic) bond motifs is 1. The van der Waals surface area contributed by atoms with E-state index in [9.17, 15) is 13.2 Å². The highest BCUT2D eigenvalue weighted by Gasteiger charge is 2.29. The lowest BCUT2D eigenvalue weighted by molar-refractivity contribution is -0.126. The quantitative estimate of drug-likeness (QED) is 0.730. The maximum atomic E-state index is 12.3. The van der Waals surface area contributed by atoms with E-state index in [1.807, 2.05) is 18.2 Å². The van der Waals surface area contributed by atoms with Gasteiger partial charge in [-0.1, -0.05) is 12.1 Å². The molecule has 0 spiro atoms. The van der Waals surface area contributed by atoms with E-state index >= 15 is 0 Å². The van der Waals surface area contributed by atoms with Crippen molar-refractivity contribution in [2.45, 2.75) is 32.6 Å². The first-order valence-corrected chi connectivity index (χ1v) is 11.5. The number of carbonyl (C=O) groups excluding carboxylic acids is 1. The predicted molar refractivity (Wildman–Crippen MR) is 105 cm³/mol. The number of sulfonamides is 1. The Hall–Kier alpha value is -1.51. The Morgan fingerprint density at radius 1 is 1.31 bits per heavy atom. The van der Waals surface area contributed by atoms with Gasteiger partial charge in [0.1, 0.15) is 0 Å². The van der Waals surface area contributed by atoms with Crippen LogP contribution in [0.5, 0.6) is 0 Å². The second kappa shape index (κ2) is 8.45. The first-order chi connectivity index (χ1) is 12.5. The molecule has 0 saturated carbocycles. The number of hydrogen-bond acceptors (Lipinski definition) is 5. The van der Waals surface area contributed by atoms with Crippen LogP contribution in [0, 0.1) is 5.92 Å². The number of nitrogens with one attached hydrogen (secondary N) is 1. The zero-order valence-corrected chi connectivity index (χ0v) is 16.6. The summed E-state index contributed by atoms with van der Waals surface area (Å²) in [6.45, 7) is 3.17. The second-order valence-electron chi connectivity index (χ2n) is 6.54. The molecule has 2 aromatic rings. The number of carbonyl (C=O) groups is 1. The topological polar surface area (TPSA) is 79.4 Å². The number of amides is 1. The molecule has 0 radical (unpaired) electrons. The largest absolute Gasteiger partial charge is 0.356 e. The lowest BCUT2D eigenvalue weighted by atomic mass is 9.97. The van der Waals surface area contributed by atoms with Crippen LogP contribution in [0.4, 0.5) is 0 Å². The molecule has 0 bridgehead atoms. The summed E-state index contributed by atoms with van der Waals surface area (Å²) in [5.74, 6) is 0.0823. The Labute approximate surface area is 158 Å². The molecule has 1 amide bonds. The number of thiazole rings is 1. The van der Waals surface area contributed by atoms with Gasteiger partial charge in [0.2, 0.25) is 15.9 Å². The lowest BCUT2D eigenvalue weighted by Crippen LogP contribution is -2.43. The predicted octanol–water partition coefficient (Wildman–Crippen LogP) is 2.41. The highest BCUT2D eigenvalue weighted by Crippen LogP contribution is 2.22. The summed E-state index contributed by atoms with van der Waals surface area (Å²) in [5, 5.41) is 4.09. The van der Waals surface area contributed by atoms with E-state index in [-0.39, 0.29) is 17.6 Å². The standard InChI is InChI=1S/C18H25N3O3S2/c1-2-26(23,24)21-12-9-14(10-13-21)18(22)19-11-5-8-17-20-15-6-3-4-7-16(15)25-17/h3-4,6-7,14H,2,5,8-13H2,1H3,(H,19,22). The van der Waals surface area contributed by atoms with Crippen molar-refractivity contribution in [3.63, 3.8) is 0 Å². The Balaban J connectivity index is 1.39. The van der Waals surface area contributed by atoms with Crippen LogP contribution in [0.15, 0.2) is 24.3 Å². The Morgan fingerprint density at radius 2 is 2.04 bits per heavy atom. The van der Waals surface area contributed by atoms with Crippen LogP contribution in [0.2, 0.25) is 0 Å². The van der Waals surface area contributed by atoms with E-state index in [2.05, 4.69) is 16.4 Å². The van der Waals surface area contributed by atoms with Crippen LogP contribution in [0.3, 0.4) is 0 Å². The van der Waals surface area contributed by atoms with Gasteiger partial charge in [0.15, 0.2) is 0 Å². The molecule has 0 atom stereocenters. The van der Waals surface area contributed by atoms with Gasteiger partial charge in [-0.25, -0.2) is 17.7 Å². The van der Waals surface area contributed by atoms with Gasteiger partial charge in [-0.05, 0) is 38.3 Å². The monoisotopic (exact) mass is 395 g/mol. The normalized spacial score (nSPS) is 16.8. The third-order valence-corrected chi connectivity index (χ3v) is 7.77. The van der Waals surface area contributed by atoms with E-state index in [0.29, 0.717) is 32.5 Å². The van der Waals surface area contributed by atoms with Crippen molar-refractivity contribution in [3.8, 4) is 0 Å². The van der Waals surface area contributed by atoms with E-state index in [1.54, 1.807) is 18.3 Å². The van der Waals surface area contributed by atoms with Gasteiger partial charge in [-0.2, -0.15) is 0 Å². The molecule has 8 heteroatoms. The van der Waals surface area contributed by atoms with Gasteiger partial charge >= 0.3 is 0 Å². The summed E-state index contributed by atoms with van der Waals surface area (Å²) >= 11 is 1.70. The highest BCUT2D eigenvalue weighted by molar-refractivity contribution is 7.89. The van der Waals surface area contributed by atoms with E-state index in [0.717, 1.165) is 23.4 Å². The molecule has 1 aromatic carbocycles. The molecule has 1 aliphatic heterocycles. The number of para-hydroxylation sites is 1. The second-order valence-corrected chi connectivity index (χ2v) is 9.92. The molecular weight excluding hydrogens is 370 g/mol. The molecule has 6 nitrogen and oxygen atoms in total. The van der Waals surface area contributed by atoms with Crippen molar-refractivity contribution >= 4 is 37.5 Å². The van der Waals surface area contributed by atoms with Crippen LogP contribution in [0.25, 0.3) is 10.2 Å². The number of aryl methyl sites for hydroxylation is 1. The fourth-order valence-electron chi connectivity index (χ4n) is 3.20. The number of rotatable bonds is 7. The van der Waals surface area contributed by atoms with Gasteiger partial charge in [0, 0.05) is 32.0 Å². The van der Waals surface area contributed by atoms with E-state index in [1.165, 1.54) is 9.01 Å². The maximum absolute atomic E-state index is 12.3. The number of piperidine rings is 1. The number of nitrogens with zero attached hydrogens (tertiary/aromatic N) is 2. The lowest BCUT2D eigenvalue weighted by Gasteiger charge is -2.30. The third kappa shape index (κ3) is 4.61. The fourth-order valence-corrected chi connectivity index (χ4v) is 5.34. The molecule has 1 fully saturated rings. The number of hydrogen-bond donors (Lipinski definition) is 1. The minimum absolute atomic E-state index is 0.0443. The molecule has 1 aliphatic rings. The first kappa shape index (κ1) is 19.3. The number of aromatic nitrogens is 1. The molecule has 0 aliphatic carbocycles. The van der Waals surface area contributed by atoms with Crippen LogP contribution in [-0.4, -0.2) is 49.0 Å². The first-order valence-electron chi connectivity index (χ1n) is 9.09. The van der Waals surface area contributed by atoms with Crippen LogP contribution in [0.1, 0.15) is 31.2 Å². The van der Waals surface area contributed by atoms with Gasteiger partial charge < -0.3 is 5.32 Å². The Kier molecular flexibility index (Phi) is 6.26. The van der Waals surface area contributed by atoms with Crippen molar-refractivity contribution in [2.75, 3.05) is 25.4 Å². The summed E-state index contributed by atoms with van der Waals surface area (Å²) in [5.41, 5.74) is 1.03. The zero-order valence-electron chi connectivity index (χ0n) is 15.0. The van der Waals surface area contributed by atoms with Crippen LogP contribution < -0.4 is 5.32 Å². The Morgan fingerprint density at radius 3 is 2.73 bits per heavy atom. The fraction of sp³-hybridized carbons (Fsp3) is 0.556. The van der Waals surface area contributed by atoms with Crippen molar-refractivity contribution in [1.82, 2.24) is 14.6 Å². The highest BCUT2D eigenvalue weighted by atomic mass is 32.2. The SMILES string of the molecule is CCS(=O)(=O)N1CCC(C(=O)NCCCc2nc3ccccc3s2)CC1. The average Bonchev–Trinajstić information content (AvgIpc) is 3.08. The smallest absolute Gasteiger partial charge is 0.223 e. The molecule has 2 heterocycles. The molecule has 1 aromatic heterocycles.